The molecule has 0 bridgehead atoms. The highest BCUT2D eigenvalue weighted by molar-refractivity contribution is 6.11. The van der Waals surface area contributed by atoms with Gasteiger partial charge in [0.2, 0.25) is 0 Å². The van der Waals surface area contributed by atoms with E-state index in [9.17, 15) is 19.5 Å². The zero-order chi connectivity index (χ0) is 22.5. The molecular formula is C24H26N4O4. The Labute approximate surface area is 186 Å². The van der Waals surface area contributed by atoms with Crippen LogP contribution in [0.1, 0.15) is 36.0 Å². The summed E-state index contributed by atoms with van der Waals surface area (Å²) in [7, 11) is 0. The number of carbonyl (C=O) groups is 3. The number of carbonyl (C=O) groups excluding carboxylic acids is 2. The van der Waals surface area contributed by atoms with E-state index in [2.05, 4.69) is 15.2 Å². The molecule has 0 unspecified atom stereocenters. The number of hydrogen-bond acceptors (Lipinski definition) is 5. The zero-order valence-electron chi connectivity index (χ0n) is 17.8. The molecular weight excluding hydrogens is 408 g/mol. The Morgan fingerprint density at radius 2 is 1.56 bits per heavy atom. The van der Waals surface area contributed by atoms with Crippen molar-refractivity contribution in [2.75, 3.05) is 36.4 Å². The van der Waals surface area contributed by atoms with Crippen LogP contribution in [0.25, 0.3) is 0 Å². The fourth-order valence-electron chi connectivity index (χ4n) is 4.22. The first kappa shape index (κ1) is 21.5. The van der Waals surface area contributed by atoms with E-state index in [1.807, 2.05) is 18.2 Å². The van der Waals surface area contributed by atoms with Gasteiger partial charge < -0.3 is 20.2 Å². The first-order valence-electron chi connectivity index (χ1n) is 10.9. The molecule has 2 aliphatic rings. The third kappa shape index (κ3) is 4.64. The quantitative estimate of drug-likeness (QED) is 0.750. The van der Waals surface area contributed by atoms with Crippen molar-refractivity contribution < 1.29 is 19.5 Å². The fourth-order valence-corrected chi connectivity index (χ4v) is 4.22. The lowest BCUT2D eigenvalue weighted by Crippen LogP contribution is -2.49. The average Bonchev–Trinajstić information content (AvgIpc) is 2.84. The fraction of sp³-hybridized carbons (Fsp3) is 0.333. The number of pyridine rings is 1. The van der Waals surface area contributed by atoms with Gasteiger partial charge in [-0.15, -0.1) is 0 Å². The summed E-state index contributed by atoms with van der Waals surface area (Å²) >= 11 is 0. The van der Waals surface area contributed by atoms with E-state index in [0.29, 0.717) is 55.8 Å². The lowest BCUT2D eigenvalue weighted by Gasteiger charge is -2.35. The maximum atomic E-state index is 13.2. The number of nitrogens with one attached hydrogen (secondary N) is 1. The lowest BCUT2D eigenvalue weighted by molar-refractivity contribution is -0.133. The third-order valence-corrected chi connectivity index (χ3v) is 5.95. The number of para-hydroxylation sites is 1. The molecule has 166 valence electrons. The molecule has 2 amide bonds. The summed E-state index contributed by atoms with van der Waals surface area (Å²) in [4.78, 5) is 45.9. The molecule has 2 aromatic rings. The minimum Gasteiger partial charge on any atom is -0.478 e. The SMILES string of the molecule is O=C(O)C1=C(C(=O)Nc2ccccc2C(=O)N2CCN(c3ccccn3)CC2)CCCC1. The van der Waals surface area contributed by atoms with Gasteiger partial charge in [0.05, 0.1) is 11.3 Å². The van der Waals surface area contributed by atoms with Crippen molar-refractivity contribution in [3.8, 4) is 0 Å². The first-order chi connectivity index (χ1) is 15.5. The van der Waals surface area contributed by atoms with Crippen LogP contribution in [0.15, 0.2) is 59.8 Å². The van der Waals surface area contributed by atoms with Crippen molar-refractivity contribution in [1.82, 2.24) is 9.88 Å². The molecule has 1 aliphatic heterocycles. The van der Waals surface area contributed by atoms with Crippen LogP contribution in [0.3, 0.4) is 0 Å². The number of carboxylic acids is 1. The van der Waals surface area contributed by atoms with Crippen molar-refractivity contribution in [3.63, 3.8) is 0 Å². The molecule has 1 fully saturated rings. The summed E-state index contributed by atoms with van der Waals surface area (Å²) in [6.45, 7) is 2.44. The molecule has 1 aromatic heterocycles. The minimum atomic E-state index is -1.05. The summed E-state index contributed by atoms with van der Waals surface area (Å²) < 4.78 is 0. The van der Waals surface area contributed by atoms with Crippen molar-refractivity contribution in [1.29, 1.82) is 0 Å². The molecule has 2 N–H and O–H groups in total. The van der Waals surface area contributed by atoms with Gasteiger partial charge in [-0.3, -0.25) is 9.59 Å². The molecule has 8 heteroatoms. The predicted molar refractivity (Wildman–Crippen MR) is 121 cm³/mol. The molecule has 1 aliphatic carbocycles. The number of hydrogen-bond donors (Lipinski definition) is 2. The molecule has 8 nitrogen and oxygen atoms in total. The second-order valence-electron chi connectivity index (χ2n) is 7.94. The van der Waals surface area contributed by atoms with Crippen molar-refractivity contribution in [2.24, 2.45) is 0 Å². The van der Waals surface area contributed by atoms with E-state index in [0.717, 1.165) is 18.7 Å². The largest absolute Gasteiger partial charge is 0.478 e. The van der Waals surface area contributed by atoms with E-state index >= 15 is 0 Å². The van der Waals surface area contributed by atoms with E-state index in [4.69, 9.17) is 0 Å². The van der Waals surface area contributed by atoms with Crippen LogP contribution in [0.2, 0.25) is 0 Å². The summed E-state index contributed by atoms with van der Waals surface area (Å²) in [6, 6.07) is 12.6. The standard InChI is InChI=1S/C24H26N4O4/c29-22(17-7-1-2-8-18(17)24(31)32)26-20-10-4-3-9-19(20)23(30)28-15-13-27(14-16-28)21-11-5-6-12-25-21/h3-6,9-12H,1-2,7-8,13-16H2,(H,26,29)(H,31,32). The number of piperazine rings is 1. The van der Waals surface area contributed by atoms with Gasteiger partial charge in [0.1, 0.15) is 5.82 Å². The Morgan fingerprint density at radius 3 is 2.25 bits per heavy atom. The van der Waals surface area contributed by atoms with Crippen LogP contribution in [-0.4, -0.2) is 59.0 Å². The van der Waals surface area contributed by atoms with Crippen LogP contribution >= 0.6 is 0 Å². The Hall–Kier alpha value is -3.68. The highest BCUT2D eigenvalue weighted by Crippen LogP contribution is 2.27. The van der Waals surface area contributed by atoms with E-state index in [1.165, 1.54) is 0 Å². The van der Waals surface area contributed by atoms with Crippen LogP contribution in [0, 0.1) is 0 Å². The van der Waals surface area contributed by atoms with Gasteiger partial charge in [-0.1, -0.05) is 18.2 Å². The van der Waals surface area contributed by atoms with Crippen LogP contribution in [-0.2, 0) is 9.59 Å². The highest BCUT2D eigenvalue weighted by Gasteiger charge is 2.27. The van der Waals surface area contributed by atoms with E-state index < -0.39 is 11.9 Å². The second-order valence-corrected chi connectivity index (χ2v) is 7.94. The van der Waals surface area contributed by atoms with Gasteiger partial charge in [-0.05, 0) is 49.9 Å². The summed E-state index contributed by atoms with van der Waals surface area (Å²) in [5, 5.41) is 12.2. The van der Waals surface area contributed by atoms with Crippen LogP contribution in [0.4, 0.5) is 11.5 Å². The minimum absolute atomic E-state index is 0.155. The molecule has 1 aromatic carbocycles. The molecule has 4 rings (SSSR count). The van der Waals surface area contributed by atoms with Gasteiger partial charge in [-0.2, -0.15) is 0 Å². The molecule has 0 radical (unpaired) electrons. The maximum absolute atomic E-state index is 13.2. The number of aliphatic carboxylic acids is 1. The van der Waals surface area contributed by atoms with E-state index in [-0.39, 0.29) is 11.5 Å². The molecule has 2 heterocycles. The smallest absolute Gasteiger partial charge is 0.332 e. The number of rotatable bonds is 5. The number of aromatic nitrogens is 1. The normalized spacial score (nSPS) is 16.6. The second kappa shape index (κ2) is 9.64. The van der Waals surface area contributed by atoms with Crippen LogP contribution in [0.5, 0.6) is 0 Å². The Bertz CT molecular complexity index is 1040. The Balaban J connectivity index is 1.47. The number of benzene rings is 1. The highest BCUT2D eigenvalue weighted by atomic mass is 16.4. The average molecular weight is 434 g/mol. The number of amides is 2. The van der Waals surface area contributed by atoms with Gasteiger partial charge in [0.15, 0.2) is 0 Å². The molecule has 0 saturated carbocycles. The maximum Gasteiger partial charge on any atom is 0.332 e. The summed E-state index contributed by atoms with van der Waals surface area (Å²) in [5.74, 6) is -0.757. The first-order valence-corrected chi connectivity index (χ1v) is 10.9. The molecule has 1 saturated heterocycles. The number of carboxylic acid groups (broad SMARTS) is 1. The topological polar surface area (TPSA) is 103 Å². The van der Waals surface area contributed by atoms with Crippen LogP contribution < -0.4 is 10.2 Å². The summed E-state index contributed by atoms with van der Waals surface area (Å²) in [5.41, 5.74) is 1.27. The molecule has 0 spiro atoms. The molecule has 32 heavy (non-hydrogen) atoms. The van der Waals surface area contributed by atoms with Crippen molar-refractivity contribution in [2.45, 2.75) is 25.7 Å². The number of nitrogens with zero attached hydrogens (tertiary/aromatic N) is 3. The van der Waals surface area contributed by atoms with Gasteiger partial charge >= 0.3 is 5.97 Å². The molecule has 0 atom stereocenters. The van der Waals surface area contributed by atoms with Gasteiger partial charge in [-0.25, -0.2) is 9.78 Å². The predicted octanol–water partition coefficient (Wildman–Crippen LogP) is 2.94. The third-order valence-electron chi connectivity index (χ3n) is 5.95. The lowest BCUT2D eigenvalue weighted by atomic mass is 9.91. The Morgan fingerprint density at radius 1 is 0.875 bits per heavy atom. The summed E-state index contributed by atoms with van der Waals surface area (Å²) in [6.07, 6.45) is 4.11. The van der Waals surface area contributed by atoms with Gasteiger partial charge in [0, 0.05) is 43.5 Å². The van der Waals surface area contributed by atoms with Gasteiger partial charge in [0.25, 0.3) is 11.8 Å². The van der Waals surface area contributed by atoms with E-state index in [1.54, 1.807) is 35.4 Å². The zero-order valence-corrected chi connectivity index (χ0v) is 17.8. The van der Waals surface area contributed by atoms with Crippen molar-refractivity contribution in [3.05, 3.63) is 65.4 Å². The van der Waals surface area contributed by atoms with Crippen molar-refractivity contribution >= 4 is 29.3 Å². The number of anilines is 2. The monoisotopic (exact) mass is 434 g/mol. The Kier molecular flexibility index (Phi) is 6.49.